The first-order chi connectivity index (χ1) is 4.67. The van der Waals surface area contributed by atoms with Crippen LogP contribution in [0.1, 0.15) is 0 Å². The molecule has 0 aliphatic rings. The van der Waals surface area contributed by atoms with Gasteiger partial charge in [-0.1, -0.05) is 34.8 Å². The lowest BCUT2D eigenvalue weighted by Gasteiger charge is -2.26. The Balaban J connectivity index is 4.22. The van der Waals surface area contributed by atoms with Crippen molar-refractivity contribution in [2.24, 2.45) is 0 Å². The molecule has 8 heteroatoms. The van der Waals surface area contributed by atoms with Crippen molar-refractivity contribution in [1.29, 1.82) is 0 Å². The Morgan fingerprint density at radius 1 is 1.18 bits per heavy atom. The fraction of sp³-hybridized carbons (Fsp3) is 1.00. The third kappa shape index (κ3) is 4.57. The van der Waals surface area contributed by atoms with E-state index in [0.29, 0.717) is 0 Å². The normalized spacial score (nSPS) is 14.2. The van der Waals surface area contributed by atoms with Gasteiger partial charge in [0, 0.05) is 0 Å². The van der Waals surface area contributed by atoms with Crippen molar-refractivity contribution in [3.63, 3.8) is 0 Å². The molecule has 0 saturated heterocycles. The second-order valence-electron chi connectivity index (χ2n) is 2.18. The van der Waals surface area contributed by atoms with Crippen molar-refractivity contribution in [3.05, 3.63) is 0 Å². The van der Waals surface area contributed by atoms with Crippen molar-refractivity contribution in [2.45, 2.75) is 16.5 Å². The Morgan fingerprint density at radius 2 is 1.55 bits per heavy atom. The Labute approximate surface area is 93.1 Å². The second kappa shape index (κ2) is 4.37. The van der Waals surface area contributed by atoms with Crippen LogP contribution in [0.25, 0.3) is 0 Å². The predicted octanol–water partition coefficient (Wildman–Crippen LogP) is 3.31. The molecule has 11 heavy (non-hydrogen) atoms. The maximum Gasteiger partial charge on any atom is 0.432 e. The Bertz CT molecular complexity index is 132. The minimum absolute atomic E-state index is 1.35. The predicted molar refractivity (Wildman–Crippen MR) is 57.7 cm³/mol. The van der Waals surface area contributed by atoms with E-state index in [1.54, 1.807) is 0 Å². The number of halogens is 5. The first kappa shape index (κ1) is 12.8. The van der Waals surface area contributed by atoms with Gasteiger partial charge in [-0.2, -0.15) is 0 Å². The van der Waals surface area contributed by atoms with E-state index < -0.39 is 19.4 Å². The summed E-state index contributed by atoms with van der Waals surface area (Å²) in [6.45, 7) is 0.646. The van der Waals surface area contributed by atoms with E-state index in [1.807, 2.05) is 13.1 Å². The highest BCUT2D eigenvalue weighted by molar-refractivity contribution is 7.50. The van der Waals surface area contributed by atoms with Crippen molar-refractivity contribution in [3.8, 4) is 0 Å². The molecule has 0 spiro atoms. The molecule has 0 bridgehead atoms. The van der Waals surface area contributed by atoms with Gasteiger partial charge in [0.2, 0.25) is 3.42 Å². The molecule has 0 radical (unpaired) electrons. The summed E-state index contributed by atoms with van der Waals surface area (Å²) in [7, 11) is -1.35. The van der Waals surface area contributed by atoms with Gasteiger partial charge in [-0.25, -0.2) is 0 Å². The Hall–Kier alpha value is 1.84. The van der Waals surface area contributed by atoms with Crippen LogP contribution in [0.4, 0.5) is 0 Å². The Morgan fingerprint density at radius 3 is 1.64 bits per heavy atom. The monoisotopic (exact) mass is 290 g/mol. The maximum atomic E-state index is 5.73. The number of alkyl halides is 3. The lowest BCUT2D eigenvalue weighted by molar-refractivity contribution is 0.605. The highest BCUT2D eigenvalue weighted by Crippen LogP contribution is 2.42. The van der Waals surface area contributed by atoms with Crippen LogP contribution in [0, 0.1) is 0 Å². The number of rotatable bonds is 2. The molecule has 0 fully saturated rings. The zero-order valence-corrected chi connectivity index (χ0v) is 11.8. The molecule has 0 rings (SSSR count). The van der Waals surface area contributed by atoms with Crippen molar-refractivity contribution < 1.29 is 4.12 Å². The van der Waals surface area contributed by atoms with E-state index in [1.165, 1.54) is 0 Å². The molecular weight excluding hydrogens is 285 g/mol. The van der Waals surface area contributed by atoms with Gasteiger partial charge in [-0.05, 0) is 13.1 Å². The van der Waals surface area contributed by atoms with Crippen LogP contribution in [0.5, 0.6) is 0 Å². The molecule has 0 amide bonds. The third-order valence-electron chi connectivity index (χ3n) is 0.714. The zero-order valence-electron chi connectivity index (χ0n) is 5.88. The molecule has 0 atom stereocenters. The summed E-state index contributed by atoms with van der Waals surface area (Å²) in [5.41, 5.74) is 0. The van der Waals surface area contributed by atoms with Crippen LogP contribution in [-0.2, 0) is 4.12 Å². The molecule has 0 saturated carbocycles. The van der Waals surface area contributed by atoms with Crippen molar-refractivity contribution in [1.82, 2.24) is 0 Å². The average molecular weight is 293 g/mol. The SMILES string of the molecule is C[SiH](C)O[Si](Cl)(Cl)C(Cl)(Cl)Cl. The first-order valence-corrected chi connectivity index (χ1v) is 10.6. The summed E-state index contributed by atoms with van der Waals surface area (Å²) in [4.78, 5) is 0. The molecule has 0 unspecified atom stereocenters. The standard InChI is InChI=1S/C3H7Cl5OSi2/c1-10(2)9-11(7,8)3(4,5)6/h10H,1-2H3. The minimum atomic E-state index is -3.17. The number of hydrogen-bond acceptors (Lipinski definition) is 1. The summed E-state index contributed by atoms with van der Waals surface area (Å²) in [6, 6.07) is 0. The van der Waals surface area contributed by atoms with Crippen LogP contribution in [0.15, 0.2) is 0 Å². The zero-order chi connectivity index (χ0) is 9.28. The van der Waals surface area contributed by atoms with E-state index in [4.69, 9.17) is 61.1 Å². The molecule has 0 aromatic heterocycles. The lowest BCUT2D eigenvalue weighted by atomic mass is 11.8. The van der Waals surface area contributed by atoms with Crippen LogP contribution in [0.3, 0.4) is 0 Å². The molecule has 68 valence electrons. The minimum Gasteiger partial charge on any atom is -0.434 e. The molecule has 1 nitrogen and oxygen atoms in total. The third-order valence-corrected chi connectivity index (χ3v) is 11.9. The fourth-order valence-electron chi connectivity index (χ4n) is 0.363. The highest BCUT2D eigenvalue weighted by Gasteiger charge is 2.52. The summed E-state index contributed by atoms with van der Waals surface area (Å²) >= 11 is 27.9. The van der Waals surface area contributed by atoms with Gasteiger partial charge < -0.3 is 4.12 Å². The quantitative estimate of drug-likeness (QED) is 0.431. The molecule has 0 aromatic carbocycles. The maximum absolute atomic E-state index is 5.73. The van der Waals surface area contributed by atoms with Gasteiger partial charge in [0.05, 0.1) is 0 Å². The molecule has 0 N–H and O–H groups in total. The van der Waals surface area contributed by atoms with Crippen LogP contribution in [0.2, 0.25) is 13.1 Å². The van der Waals surface area contributed by atoms with Crippen molar-refractivity contribution in [2.75, 3.05) is 0 Å². The summed E-state index contributed by atoms with van der Waals surface area (Å²) < 4.78 is 3.54. The van der Waals surface area contributed by atoms with Crippen LogP contribution >= 0.6 is 57.0 Å². The van der Waals surface area contributed by atoms with Gasteiger partial charge in [0.25, 0.3) is 0 Å². The molecule has 0 aliphatic carbocycles. The van der Waals surface area contributed by atoms with E-state index in [9.17, 15) is 0 Å². The topological polar surface area (TPSA) is 9.23 Å². The smallest absolute Gasteiger partial charge is 0.432 e. The number of hydrogen-bond donors (Lipinski definition) is 0. The largest absolute Gasteiger partial charge is 0.434 e. The van der Waals surface area contributed by atoms with Gasteiger partial charge in [-0.15, -0.1) is 22.2 Å². The summed E-state index contributed by atoms with van der Waals surface area (Å²) in [5.74, 6) is 0. The first-order valence-electron chi connectivity index (χ1n) is 2.79. The highest BCUT2D eigenvalue weighted by atomic mass is 35.7. The average Bonchev–Trinajstić information content (AvgIpc) is 1.56. The fourth-order valence-corrected chi connectivity index (χ4v) is 7.68. The van der Waals surface area contributed by atoms with Crippen LogP contribution in [-0.4, -0.2) is 19.4 Å². The summed E-state index contributed by atoms with van der Waals surface area (Å²) in [5, 5.41) is 0. The summed E-state index contributed by atoms with van der Waals surface area (Å²) in [6.07, 6.45) is 0. The van der Waals surface area contributed by atoms with Gasteiger partial charge >= 0.3 is 6.94 Å². The van der Waals surface area contributed by atoms with E-state index >= 15 is 0 Å². The van der Waals surface area contributed by atoms with Gasteiger partial charge in [-0.3, -0.25) is 0 Å². The van der Waals surface area contributed by atoms with Gasteiger partial charge in [0.1, 0.15) is 0 Å². The van der Waals surface area contributed by atoms with Crippen LogP contribution < -0.4 is 0 Å². The lowest BCUT2D eigenvalue weighted by Crippen LogP contribution is -2.43. The molecular formula is C3H7Cl5OSi2. The van der Waals surface area contributed by atoms with Gasteiger partial charge in [0.15, 0.2) is 9.04 Å². The molecule has 0 aromatic rings. The van der Waals surface area contributed by atoms with E-state index in [2.05, 4.69) is 0 Å². The molecule has 0 heterocycles. The molecule has 0 aliphatic heterocycles. The van der Waals surface area contributed by atoms with E-state index in [-0.39, 0.29) is 0 Å². The Kier molecular flexibility index (Phi) is 5.11. The van der Waals surface area contributed by atoms with E-state index in [0.717, 1.165) is 0 Å². The van der Waals surface area contributed by atoms with Crippen molar-refractivity contribution >= 4 is 72.9 Å². The second-order valence-corrected chi connectivity index (χ2v) is 14.0.